The summed E-state index contributed by atoms with van der Waals surface area (Å²) in [6.07, 6.45) is 3.41. The highest BCUT2D eigenvalue weighted by Gasteiger charge is 2.17. The highest BCUT2D eigenvalue weighted by molar-refractivity contribution is 6.00. The number of carbonyl (C=O) groups excluding carboxylic acids is 2. The van der Waals surface area contributed by atoms with E-state index in [0.717, 1.165) is 21.9 Å². The van der Waals surface area contributed by atoms with Crippen molar-refractivity contribution in [3.05, 3.63) is 52.8 Å². The lowest BCUT2D eigenvalue weighted by Gasteiger charge is -2.17. The topological polar surface area (TPSA) is 52.6 Å². The van der Waals surface area contributed by atoms with E-state index in [9.17, 15) is 9.59 Å². The van der Waals surface area contributed by atoms with Crippen LogP contribution in [0.4, 0.5) is 0 Å². The molecular weight excluding hydrogens is 268 g/mol. The van der Waals surface area contributed by atoms with Crippen LogP contribution in [0.1, 0.15) is 21.5 Å². The number of hydrogen-bond donors (Lipinski definition) is 0. The number of fused-ring (bicyclic) bond motifs is 3. The van der Waals surface area contributed by atoms with Crippen molar-refractivity contribution in [1.29, 1.82) is 0 Å². The number of benzene rings is 2. The number of carbonyl (C=O) groups is 1. The van der Waals surface area contributed by atoms with Gasteiger partial charge < -0.3 is 9.47 Å². The van der Waals surface area contributed by atoms with E-state index >= 15 is 0 Å². The molecule has 1 heterocycles. The number of esters is 1. The minimum Gasteiger partial charge on any atom is -0.465 e. The Kier molecular flexibility index (Phi) is 3.09. The maximum Gasteiger partial charge on any atom is 0.337 e. The van der Waals surface area contributed by atoms with Crippen LogP contribution in [-0.4, -0.2) is 19.0 Å². The molecule has 0 aromatic heterocycles. The Balaban J connectivity index is 2.28. The maximum absolute atomic E-state index is 11.6. The zero-order valence-corrected chi connectivity index (χ0v) is 11.6. The van der Waals surface area contributed by atoms with Crippen LogP contribution in [0, 0.1) is 6.92 Å². The van der Waals surface area contributed by atoms with E-state index in [2.05, 4.69) is 0 Å². The summed E-state index contributed by atoms with van der Waals surface area (Å²) >= 11 is 0. The zero-order valence-electron chi connectivity index (χ0n) is 11.6. The molecule has 0 aliphatic carbocycles. The van der Waals surface area contributed by atoms with Crippen LogP contribution in [0.25, 0.3) is 16.8 Å². The van der Waals surface area contributed by atoms with Gasteiger partial charge in [-0.15, -0.1) is 0 Å². The molecule has 4 nitrogen and oxygen atoms in total. The number of ether oxygens (including phenoxy) is 2. The molecule has 0 radical (unpaired) electrons. The molecule has 0 saturated carbocycles. The predicted molar refractivity (Wildman–Crippen MR) is 78.9 cm³/mol. The van der Waals surface area contributed by atoms with Crippen molar-refractivity contribution >= 4 is 28.8 Å². The highest BCUT2D eigenvalue weighted by Crippen LogP contribution is 2.37. The lowest BCUT2D eigenvalue weighted by molar-refractivity contribution is 0.0601. The second kappa shape index (κ2) is 4.93. The standard InChI is InChI=1S/C17H12O4/c1-10-7-11-3-5-13(9-18)21-16(11)14-6-4-12(8-15(10)14)17(19)20-2/h3-8H,1-2H3. The van der Waals surface area contributed by atoms with E-state index in [-0.39, 0.29) is 11.7 Å². The van der Waals surface area contributed by atoms with Crippen LogP contribution < -0.4 is 4.74 Å². The van der Waals surface area contributed by atoms with Gasteiger partial charge in [0.15, 0.2) is 5.94 Å². The molecule has 3 rings (SSSR count). The van der Waals surface area contributed by atoms with Crippen LogP contribution in [0.3, 0.4) is 0 Å². The average Bonchev–Trinajstić information content (AvgIpc) is 2.53. The first-order chi connectivity index (χ1) is 10.1. The van der Waals surface area contributed by atoms with Gasteiger partial charge in [-0.1, -0.05) is 0 Å². The van der Waals surface area contributed by atoms with Crippen LogP contribution in [0.5, 0.6) is 5.75 Å². The molecule has 21 heavy (non-hydrogen) atoms. The molecule has 0 atom stereocenters. The minimum absolute atomic E-state index is 0.143. The van der Waals surface area contributed by atoms with Gasteiger partial charge in [0, 0.05) is 10.9 Å². The molecule has 1 aliphatic heterocycles. The molecule has 2 aromatic carbocycles. The van der Waals surface area contributed by atoms with Crippen molar-refractivity contribution in [2.45, 2.75) is 6.92 Å². The van der Waals surface area contributed by atoms with E-state index in [1.54, 1.807) is 30.2 Å². The Morgan fingerprint density at radius 2 is 2.00 bits per heavy atom. The first kappa shape index (κ1) is 13.2. The fourth-order valence-electron chi connectivity index (χ4n) is 2.45. The molecule has 0 fully saturated rings. The molecule has 0 spiro atoms. The van der Waals surface area contributed by atoms with Gasteiger partial charge in [-0.3, -0.25) is 0 Å². The largest absolute Gasteiger partial charge is 0.465 e. The van der Waals surface area contributed by atoms with Gasteiger partial charge >= 0.3 is 5.97 Å². The van der Waals surface area contributed by atoms with E-state index < -0.39 is 0 Å². The molecule has 0 unspecified atom stereocenters. The first-order valence-corrected chi connectivity index (χ1v) is 6.40. The fraction of sp³-hybridized carbons (Fsp3) is 0.118. The van der Waals surface area contributed by atoms with Crippen molar-refractivity contribution < 1.29 is 19.1 Å². The van der Waals surface area contributed by atoms with Crippen molar-refractivity contribution in [1.82, 2.24) is 0 Å². The lowest BCUT2D eigenvalue weighted by atomic mass is 9.97. The van der Waals surface area contributed by atoms with Crippen LogP contribution in [0.2, 0.25) is 0 Å². The molecule has 0 bridgehead atoms. The van der Waals surface area contributed by atoms with Gasteiger partial charge in [0.25, 0.3) is 0 Å². The van der Waals surface area contributed by atoms with Crippen molar-refractivity contribution in [3.63, 3.8) is 0 Å². The molecule has 0 saturated heterocycles. The van der Waals surface area contributed by atoms with E-state index in [1.165, 1.54) is 7.11 Å². The monoisotopic (exact) mass is 280 g/mol. The fourth-order valence-corrected chi connectivity index (χ4v) is 2.45. The minimum atomic E-state index is -0.386. The predicted octanol–water partition coefficient (Wildman–Crippen LogP) is 3.06. The van der Waals surface area contributed by atoms with Crippen molar-refractivity contribution in [2.75, 3.05) is 7.11 Å². The van der Waals surface area contributed by atoms with Crippen LogP contribution in [-0.2, 0) is 9.53 Å². The van der Waals surface area contributed by atoms with E-state index in [1.807, 2.05) is 19.1 Å². The van der Waals surface area contributed by atoms with Gasteiger partial charge in [-0.2, -0.15) is 0 Å². The third-order valence-electron chi connectivity index (χ3n) is 3.47. The molecule has 0 N–H and O–H groups in total. The van der Waals surface area contributed by atoms with Crippen molar-refractivity contribution in [3.8, 4) is 5.75 Å². The number of methoxy groups -OCH3 is 1. The number of aryl methyl sites for hydroxylation is 1. The zero-order chi connectivity index (χ0) is 15.0. The summed E-state index contributed by atoms with van der Waals surface area (Å²) in [4.78, 5) is 22.4. The molecule has 1 aliphatic rings. The quantitative estimate of drug-likeness (QED) is 0.595. The summed E-state index contributed by atoms with van der Waals surface area (Å²) in [6, 6.07) is 7.20. The van der Waals surface area contributed by atoms with Crippen LogP contribution >= 0.6 is 0 Å². The van der Waals surface area contributed by atoms with Gasteiger partial charge in [0.05, 0.1) is 12.7 Å². The van der Waals surface area contributed by atoms with Gasteiger partial charge in [0.1, 0.15) is 5.75 Å². The molecule has 104 valence electrons. The third-order valence-corrected chi connectivity index (χ3v) is 3.47. The van der Waals surface area contributed by atoms with E-state index in [0.29, 0.717) is 11.3 Å². The Morgan fingerprint density at radius 1 is 1.19 bits per heavy atom. The number of allylic oxidation sites excluding steroid dienone is 1. The number of rotatable bonds is 1. The summed E-state index contributed by atoms with van der Waals surface area (Å²) in [5.74, 6) is 2.11. The molecule has 4 heteroatoms. The van der Waals surface area contributed by atoms with E-state index in [4.69, 9.17) is 9.47 Å². The average molecular weight is 280 g/mol. The summed E-state index contributed by atoms with van der Waals surface area (Å²) in [5.41, 5.74) is 2.39. The van der Waals surface area contributed by atoms with Gasteiger partial charge in [-0.25, -0.2) is 9.59 Å². The maximum atomic E-state index is 11.6. The number of hydrogen-bond acceptors (Lipinski definition) is 4. The van der Waals surface area contributed by atoms with Crippen molar-refractivity contribution in [2.24, 2.45) is 0 Å². The first-order valence-electron chi connectivity index (χ1n) is 6.40. The lowest BCUT2D eigenvalue weighted by Crippen LogP contribution is -2.03. The third kappa shape index (κ3) is 2.12. The Labute approximate surface area is 121 Å². The summed E-state index contributed by atoms with van der Waals surface area (Å²) in [5, 5.41) is 1.73. The molecule has 2 aromatic rings. The second-order valence-corrected chi connectivity index (χ2v) is 4.77. The molecule has 0 amide bonds. The smallest absolute Gasteiger partial charge is 0.337 e. The Bertz CT molecular complexity index is 839. The Morgan fingerprint density at radius 3 is 2.71 bits per heavy atom. The van der Waals surface area contributed by atoms with Gasteiger partial charge in [0.2, 0.25) is 5.76 Å². The normalized spacial score (nSPS) is 12.6. The SMILES string of the molecule is COC(=O)c1ccc2c3c(cc(C)c2c1)C=CC(=C=O)O3. The summed E-state index contributed by atoms with van der Waals surface area (Å²) in [6.45, 7) is 1.96. The summed E-state index contributed by atoms with van der Waals surface area (Å²) < 4.78 is 10.3. The second-order valence-electron chi connectivity index (χ2n) is 4.77. The molecular formula is C17H12O4. The van der Waals surface area contributed by atoms with Gasteiger partial charge in [-0.05, 0) is 54.3 Å². The van der Waals surface area contributed by atoms with Crippen LogP contribution in [0.15, 0.2) is 36.1 Å². The summed E-state index contributed by atoms with van der Waals surface area (Å²) in [7, 11) is 1.35. The Hall–Kier alpha value is -2.84. The highest BCUT2D eigenvalue weighted by atomic mass is 16.5.